The molecule has 2 amide bonds. The molecule has 3 aromatic carbocycles. The summed E-state index contributed by atoms with van der Waals surface area (Å²) in [5.41, 5.74) is -0.177. The first-order valence-corrected chi connectivity index (χ1v) is 12.9. The van der Waals surface area contributed by atoms with Gasteiger partial charge < -0.3 is 25.6 Å². The number of rotatable bonds is 10. The molecule has 10 heteroatoms. The van der Waals surface area contributed by atoms with E-state index < -0.39 is 35.6 Å². The Morgan fingerprint density at radius 2 is 1.53 bits per heavy atom. The average Bonchev–Trinajstić information content (AvgIpc) is 2.86. The summed E-state index contributed by atoms with van der Waals surface area (Å²) in [7, 11) is 0. The van der Waals surface area contributed by atoms with Crippen molar-refractivity contribution in [2.45, 2.75) is 37.7 Å². The second-order valence-corrected chi connectivity index (χ2v) is 10.8. The highest BCUT2D eigenvalue weighted by molar-refractivity contribution is 7.99. The van der Waals surface area contributed by atoms with E-state index in [2.05, 4.69) is 10.6 Å². The van der Waals surface area contributed by atoms with Crippen LogP contribution in [0.4, 0.5) is 4.79 Å². The van der Waals surface area contributed by atoms with Crippen LogP contribution in [0.3, 0.4) is 0 Å². The molecule has 4 N–H and O–H groups in total. The lowest BCUT2D eigenvalue weighted by atomic mass is 10.0. The standard InChI is InChI=1S/C28H30N2O7S/c1-28(2,3)37-27(36)29-15-23(19-13-12-17-8-4-5-9-18(17)14-19)38-16-22(26(34)35)30-24(31)20-10-6-7-11-21(20)25(32)33/h4-14,22-23H,15-16H2,1-3H3,(H,29,36)(H,30,31)(H,32,33)(H,34,35)/t22-,23?/m0/s1. The van der Waals surface area contributed by atoms with E-state index in [1.807, 2.05) is 42.5 Å². The largest absolute Gasteiger partial charge is 0.480 e. The summed E-state index contributed by atoms with van der Waals surface area (Å²) in [6.07, 6.45) is -0.600. The summed E-state index contributed by atoms with van der Waals surface area (Å²) in [5, 5.41) is 26.0. The van der Waals surface area contributed by atoms with E-state index in [1.165, 1.54) is 36.0 Å². The predicted molar refractivity (Wildman–Crippen MR) is 146 cm³/mol. The molecule has 3 aromatic rings. The lowest BCUT2D eigenvalue weighted by Gasteiger charge is -2.23. The molecule has 0 spiro atoms. The van der Waals surface area contributed by atoms with Gasteiger partial charge in [-0.3, -0.25) is 4.79 Å². The summed E-state index contributed by atoms with van der Waals surface area (Å²) in [6.45, 7) is 5.42. The van der Waals surface area contributed by atoms with E-state index in [1.54, 1.807) is 20.8 Å². The number of benzene rings is 3. The number of nitrogens with one attached hydrogen (secondary N) is 2. The number of thioether (sulfide) groups is 1. The molecule has 2 atom stereocenters. The van der Waals surface area contributed by atoms with Crippen molar-refractivity contribution in [3.63, 3.8) is 0 Å². The van der Waals surface area contributed by atoms with Crippen molar-refractivity contribution in [2.75, 3.05) is 12.3 Å². The lowest BCUT2D eigenvalue weighted by molar-refractivity contribution is -0.138. The maximum atomic E-state index is 12.8. The molecule has 1 unspecified atom stereocenters. The summed E-state index contributed by atoms with van der Waals surface area (Å²) in [6, 6.07) is 17.9. The van der Waals surface area contributed by atoms with Crippen molar-refractivity contribution in [1.29, 1.82) is 0 Å². The smallest absolute Gasteiger partial charge is 0.407 e. The van der Waals surface area contributed by atoms with Crippen molar-refractivity contribution in [3.05, 3.63) is 83.4 Å². The summed E-state index contributed by atoms with van der Waals surface area (Å²) in [4.78, 5) is 48.6. The van der Waals surface area contributed by atoms with Crippen molar-refractivity contribution in [1.82, 2.24) is 10.6 Å². The third kappa shape index (κ3) is 7.97. The van der Waals surface area contributed by atoms with Gasteiger partial charge in [-0.2, -0.15) is 0 Å². The zero-order valence-corrected chi connectivity index (χ0v) is 22.1. The Hall–Kier alpha value is -4.05. The first-order valence-electron chi connectivity index (χ1n) is 11.9. The lowest BCUT2D eigenvalue weighted by Crippen LogP contribution is -2.43. The van der Waals surface area contributed by atoms with E-state index in [0.717, 1.165) is 16.3 Å². The highest BCUT2D eigenvalue weighted by Crippen LogP contribution is 2.31. The molecule has 0 aliphatic rings. The molecule has 0 bridgehead atoms. The van der Waals surface area contributed by atoms with Crippen molar-refractivity contribution >= 4 is 46.5 Å². The Bertz CT molecular complexity index is 1340. The monoisotopic (exact) mass is 538 g/mol. The fourth-order valence-electron chi connectivity index (χ4n) is 3.66. The molecule has 0 saturated carbocycles. The number of carbonyl (C=O) groups excluding carboxylic acids is 2. The SMILES string of the molecule is CC(C)(C)OC(=O)NCC(SC[C@H](NC(=O)c1ccccc1C(=O)O)C(=O)O)c1ccc2ccccc2c1. The minimum Gasteiger partial charge on any atom is -0.480 e. The van der Waals surface area contributed by atoms with Gasteiger partial charge in [0, 0.05) is 17.5 Å². The van der Waals surface area contributed by atoms with Crippen LogP contribution in [0.1, 0.15) is 52.3 Å². The topological polar surface area (TPSA) is 142 Å². The molecule has 0 heterocycles. The number of amides is 2. The minimum absolute atomic E-state index is 0.0379. The number of carboxylic acid groups (broad SMARTS) is 2. The number of hydrogen-bond acceptors (Lipinski definition) is 6. The Labute approximate surface area is 224 Å². The molecule has 0 saturated heterocycles. The fraction of sp³-hybridized carbons (Fsp3) is 0.286. The summed E-state index contributed by atoms with van der Waals surface area (Å²) in [5.74, 6) is -3.40. The molecule has 0 aromatic heterocycles. The predicted octanol–water partition coefficient (Wildman–Crippen LogP) is 4.72. The number of carbonyl (C=O) groups is 4. The quantitative estimate of drug-likeness (QED) is 0.290. The van der Waals surface area contributed by atoms with Crippen LogP contribution in [0, 0.1) is 0 Å². The highest BCUT2D eigenvalue weighted by Gasteiger charge is 2.26. The Kier molecular flexibility index (Phi) is 9.35. The Morgan fingerprint density at radius 3 is 2.16 bits per heavy atom. The van der Waals surface area contributed by atoms with Gasteiger partial charge in [0.05, 0.1) is 11.1 Å². The van der Waals surface area contributed by atoms with Gasteiger partial charge in [0.15, 0.2) is 0 Å². The summed E-state index contributed by atoms with van der Waals surface area (Å²) < 4.78 is 5.33. The van der Waals surface area contributed by atoms with E-state index in [4.69, 9.17) is 4.74 Å². The van der Waals surface area contributed by atoms with E-state index in [-0.39, 0.29) is 28.7 Å². The zero-order chi connectivity index (χ0) is 27.9. The number of fused-ring (bicyclic) bond motifs is 1. The Morgan fingerprint density at radius 1 is 0.895 bits per heavy atom. The highest BCUT2D eigenvalue weighted by atomic mass is 32.2. The molecular weight excluding hydrogens is 508 g/mol. The first kappa shape index (κ1) is 28.5. The van der Waals surface area contributed by atoms with Crippen LogP contribution in [0.25, 0.3) is 10.8 Å². The third-order valence-corrected chi connectivity index (χ3v) is 6.81. The van der Waals surface area contributed by atoms with Crippen LogP contribution in [0.15, 0.2) is 66.7 Å². The third-order valence-electron chi connectivity index (χ3n) is 5.45. The maximum Gasteiger partial charge on any atom is 0.407 e. The van der Waals surface area contributed by atoms with Gasteiger partial charge in [-0.05, 0) is 55.3 Å². The summed E-state index contributed by atoms with van der Waals surface area (Å²) >= 11 is 1.25. The van der Waals surface area contributed by atoms with E-state index >= 15 is 0 Å². The minimum atomic E-state index is -1.31. The molecular formula is C28H30N2O7S. The Balaban J connectivity index is 1.79. The second-order valence-electron chi connectivity index (χ2n) is 9.53. The van der Waals surface area contributed by atoms with E-state index in [0.29, 0.717) is 0 Å². The number of alkyl carbamates (subject to hydrolysis) is 1. The molecule has 0 fully saturated rings. The molecule has 0 radical (unpaired) electrons. The molecule has 9 nitrogen and oxygen atoms in total. The van der Waals surface area contributed by atoms with Crippen molar-refractivity contribution < 1.29 is 34.1 Å². The number of ether oxygens (including phenoxy) is 1. The van der Waals surface area contributed by atoms with Gasteiger partial charge in [-0.1, -0.05) is 48.5 Å². The van der Waals surface area contributed by atoms with Gasteiger partial charge in [-0.15, -0.1) is 11.8 Å². The van der Waals surface area contributed by atoms with Crippen LogP contribution >= 0.6 is 11.8 Å². The van der Waals surface area contributed by atoms with Crippen molar-refractivity contribution in [3.8, 4) is 0 Å². The normalized spacial score (nSPS) is 12.8. The van der Waals surface area contributed by atoms with Gasteiger partial charge in [0.2, 0.25) is 0 Å². The second kappa shape index (κ2) is 12.5. The van der Waals surface area contributed by atoms with Crippen molar-refractivity contribution in [2.24, 2.45) is 0 Å². The molecule has 38 heavy (non-hydrogen) atoms. The first-order chi connectivity index (χ1) is 17.9. The van der Waals surface area contributed by atoms with Crippen LogP contribution in [-0.2, 0) is 9.53 Å². The van der Waals surface area contributed by atoms with Crippen LogP contribution in [0.5, 0.6) is 0 Å². The van der Waals surface area contributed by atoms with Gasteiger partial charge >= 0.3 is 18.0 Å². The zero-order valence-electron chi connectivity index (χ0n) is 21.3. The van der Waals surface area contributed by atoms with Crippen LogP contribution < -0.4 is 10.6 Å². The van der Waals surface area contributed by atoms with Gasteiger partial charge in [0.25, 0.3) is 5.91 Å². The van der Waals surface area contributed by atoms with Gasteiger partial charge in [-0.25, -0.2) is 14.4 Å². The van der Waals surface area contributed by atoms with E-state index in [9.17, 15) is 29.4 Å². The van der Waals surface area contributed by atoms with Crippen LogP contribution in [0.2, 0.25) is 0 Å². The molecule has 3 rings (SSSR count). The number of hydrogen-bond donors (Lipinski definition) is 4. The fourth-order valence-corrected chi connectivity index (χ4v) is 4.85. The number of aliphatic carboxylic acids is 1. The molecule has 0 aliphatic heterocycles. The maximum absolute atomic E-state index is 12.8. The van der Waals surface area contributed by atoms with Gasteiger partial charge in [0.1, 0.15) is 11.6 Å². The number of aromatic carboxylic acids is 1. The number of carboxylic acids is 2. The average molecular weight is 539 g/mol. The molecule has 200 valence electrons. The van der Waals surface area contributed by atoms with Crippen LogP contribution in [-0.4, -0.2) is 58.1 Å². The molecule has 0 aliphatic carbocycles.